The summed E-state index contributed by atoms with van der Waals surface area (Å²) in [5.41, 5.74) is 5.27. The molecule has 2 atom stereocenters. The minimum Gasteiger partial charge on any atom is -0.479 e. The quantitative estimate of drug-likeness (QED) is 0.713. The van der Waals surface area contributed by atoms with Crippen LogP contribution in [0.4, 0.5) is 0 Å². The molecule has 1 saturated heterocycles. The van der Waals surface area contributed by atoms with Crippen LogP contribution in [0.15, 0.2) is 30.3 Å². The first-order valence-corrected chi connectivity index (χ1v) is 5.98. The minimum atomic E-state index is -1.14. The van der Waals surface area contributed by atoms with Gasteiger partial charge in [-0.15, -0.1) is 0 Å². The highest BCUT2D eigenvalue weighted by atomic mass is 16.5. The zero-order chi connectivity index (χ0) is 13.9. The summed E-state index contributed by atoms with van der Waals surface area (Å²) in [4.78, 5) is 23.3. The molecular weight excluding hydrogens is 248 g/mol. The lowest BCUT2D eigenvalue weighted by molar-refractivity contribution is -0.143. The predicted molar refractivity (Wildman–Crippen MR) is 67.3 cm³/mol. The predicted octanol–water partition coefficient (Wildman–Crippen LogP) is 0.0463. The van der Waals surface area contributed by atoms with Gasteiger partial charge in [0.25, 0.3) is 0 Å². The summed E-state index contributed by atoms with van der Waals surface area (Å²) in [6.45, 7) is 0.521. The largest absolute Gasteiger partial charge is 0.479 e. The molecule has 0 radical (unpaired) electrons. The van der Waals surface area contributed by atoms with Crippen LogP contribution in [0.3, 0.4) is 0 Å². The van der Waals surface area contributed by atoms with Crippen LogP contribution in [0.5, 0.6) is 0 Å². The van der Waals surface area contributed by atoms with Crippen LogP contribution in [0.25, 0.3) is 0 Å². The maximum atomic E-state index is 12.1. The molecule has 1 heterocycles. The van der Waals surface area contributed by atoms with Crippen molar-refractivity contribution in [3.05, 3.63) is 35.9 Å². The third-order valence-electron chi connectivity index (χ3n) is 3.16. The third-order valence-corrected chi connectivity index (χ3v) is 3.16. The van der Waals surface area contributed by atoms with Gasteiger partial charge < -0.3 is 20.9 Å². The number of carbonyl (C=O) groups excluding carboxylic acids is 1. The first-order chi connectivity index (χ1) is 9.03. The number of nitrogens with one attached hydrogen (secondary N) is 1. The Hall–Kier alpha value is -1.92. The fraction of sp³-hybridized carbons (Fsp3) is 0.385. The minimum absolute atomic E-state index is 0.111. The summed E-state index contributed by atoms with van der Waals surface area (Å²) in [7, 11) is 0. The van der Waals surface area contributed by atoms with Gasteiger partial charge in [0.2, 0.25) is 5.91 Å². The Labute approximate surface area is 110 Å². The van der Waals surface area contributed by atoms with Crippen molar-refractivity contribution in [1.82, 2.24) is 5.32 Å². The van der Waals surface area contributed by atoms with Crippen molar-refractivity contribution >= 4 is 11.9 Å². The SMILES string of the molecule is NC1(C(=O)N[C@@H](C(=O)O)c2ccccc2)CCOC1. The third kappa shape index (κ3) is 2.91. The van der Waals surface area contributed by atoms with Gasteiger partial charge in [-0.05, 0) is 12.0 Å². The number of ether oxygens (including phenoxy) is 1. The topological polar surface area (TPSA) is 102 Å². The zero-order valence-electron chi connectivity index (χ0n) is 10.3. The molecule has 102 valence electrons. The molecule has 2 rings (SSSR count). The van der Waals surface area contributed by atoms with E-state index < -0.39 is 23.5 Å². The average Bonchev–Trinajstić information content (AvgIpc) is 2.84. The molecule has 0 bridgehead atoms. The van der Waals surface area contributed by atoms with Crippen LogP contribution in [0, 0.1) is 0 Å². The highest BCUT2D eigenvalue weighted by Gasteiger charge is 2.40. The van der Waals surface area contributed by atoms with E-state index >= 15 is 0 Å². The van der Waals surface area contributed by atoms with Crippen molar-refractivity contribution < 1.29 is 19.4 Å². The fourth-order valence-corrected chi connectivity index (χ4v) is 1.97. The second-order valence-corrected chi connectivity index (χ2v) is 4.61. The molecule has 0 aliphatic carbocycles. The molecule has 6 heteroatoms. The molecule has 1 amide bonds. The molecule has 0 spiro atoms. The molecule has 1 aromatic carbocycles. The normalized spacial score (nSPS) is 23.8. The summed E-state index contributed by atoms with van der Waals surface area (Å²) >= 11 is 0. The van der Waals surface area contributed by atoms with Gasteiger partial charge in [0.05, 0.1) is 6.61 Å². The molecule has 1 aromatic rings. The van der Waals surface area contributed by atoms with Crippen molar-refractivity contribution in [1.29, 1.82) is 0 Å². The number of benzene rings is 1. The van der Waals surface area contributed by atoms with Crippen LogP contribution in [0.2, 0.25) is 0 Å². The average molecular weight is 264 g/mol. The Balaban J connectivity index is 2.14. The van der Waals surface area contributed by atoms with Crippen molar-refractivity contribution in [2.24, 2.45) is 5.73 Å². The molecule has 0 aromatic heterocycles. The summed E-state index contributed by atoms with van der Waals surface area (Å²) in [6.07, 6.45) is 0.389. The van der Waals surface area contributed by atoms with E-state index in [1.165, 1.54) is 0 Å². The van der Waals surface area contributed by atoms with E-state index in [2.05, 4.69) is 5.32 Å². The number of carbonyl (C=O) groups is 2. The molecule has 1 unspecified atom stereocenters. The van der Waals surface area contributed by atoms with Crippen molar-refractivity contribution in [2.75, 3.05) is 13.2 Å². The van der Waals surface area contributed by atoms with Crippen LogP contribution in [0.1, 0.15) is 18.0 Å². The maximum absolute atomic E-state index is 12.1. The number of rotatable bonds is 4. The number of aliphatic carboxylic acids is 1. The molecule has 1 aliphatic rings. The van der Waals surface area contributed by atoms with Gasteiger partial charge in [-0.3, -0.25) is 4.79 Å². The standard InChI is InChI=1S/C13H16N2O4/c14-13(6-7-19-8-13)12(18)15-10(11(16)17)9-4-2-1-3-5-9/h1-5,10H,6-8,14H2,(H,15,18)(H,16,17)/t10-,13?/m1/s1. The highest BCUT2D eigenvalue weighted by Crippen LogP contribution is 2.19. The molecule has 1 fully saturated rings. The van der Waals surface area contributed by atoms with E-state index in [9.17, 15) is 14.7 Å². The maximum Gasteiger partial charge on any atom is 0.330 e. The first kappa shape index (κ1) is 13.5. The van der Waals surface area contributed by atoms with Crippen molar-refractivity contribution in [3.8, 4) is 0 Å². The number of nitrogens with two attached hydrogens (primary N) is 1. The van der Waals surface area contributed by atoms with E-state index in [0.717, 1.165) is 0 Å². The number of hydrogen-bond acceptors (Lipinski definition) is 4. The Kier molecular flexibility index (Phi) is 3.82. The summed E-state index contributed by atoms with van der Waals surface area (Å²) in [5.74, 6) is -1.62. The lowest BCUT2D eigenvalue weighted by Gasteiger charge is -2.23. The smallest absolute Gasteiger partial charge is 0.330 e. The summed E-state index contributed by atoms with van der Waals surface area (Å²) in [5, 5.41) is 11.7. The summed E-state index contributed by atoms with van der Waals surface area (Å²) in [6, 6.07) is 7.40. The number of carboxylic acid groups (broad SMARTS) is 1. The lowest BCUT2D eigenvalue weighted by Crippen LogP contribution is -2.56. The Morgan fingerprint density at radius 1 is 1.37 bits per heavy atom. The second kappa shape index (κ2) is 5.38. The molecule has 19 heavy (non-hydrogen) atoms. The Morgan fingerprint density at radius 2 is 2.05 bits per heavy atom. The van der Waals surface area contributed by atoms with Crippen molar-refractivity contribution in [2.45, 2.75) is 18.0 Å². The molecular formula is C13H16N2O4. The van der Waals surface area contributed by atoms with Gasteiger partial charge in [-0.25, -0.2) is 4.79 Å². The fourth-order valence-electron chi connectivity index (χ4n) is 1.97. The van der Waals surface area contributed by atoms with Gasteiger partial charge in [0.1, 0.15) is 5.54 Å². The van der Waals surface area contributed by atoms with E-state index in [-0.39, 0.29) is 6.61 Å². The van der Waals surface area contributed by atoms with Crippen LogP contribution in [-0.2, 0) is 14.3 Å². The van der Waals surface area contributed by atoms with Crippen LogP contribution >= 0.6 is 0 Å². The van der Waals surface area contributed by atoms with Gasteiger partial charge in [-0.1, -0.05) is 30.3 Å². The number of hydrogen-bond donors (Lipinski definition) is 3. The highest BCUT2D eigenvalue weighted by molar-refractivity contribution is 5.90. The Morgan fingerprint density at radius 3 is 2.58 bits per heavy atom. The zero-order valence-corrected chi connectivity index (χ0v) is 10.3. The van der Waals surface area contributed by atoms with E-state index in [1.54, 1.807) is 30.3 Å². The molecule has 0 saturated carbocycles. The van der Waals surface area contributed by atoms with Gasteiger partial charge >= 0.3 is 5.97 Å². The first-order valence-electron chi connectivity index (χ1n) is 5.98. The van der Waals surface area contributed by atoms with E-state index in [0.29, 0.717) is 18.6 Å². The van der Waals surface area contributed by atoms with Gasteiger partial charge in [0, 0.05) is 6.61 Å². The Bertz CT molecular complexity index is 469. The van der Waals surface area contributed by atoms with Crippen LogP contribution in [-0.4, -0.2) is 35.7 Å². The van der Waals surface area contributed by atoms with Gasteiger partial charge in [-0.2, -0.15) is 0 Å². The van der Waals surface area contributed by atoms with Crippen molar-refractivity contribution in [3.63, 3.8) is 0 Å². The van der Waals surface area contributed by atoms with Gasteiger partial charge in [0.15, 0.2) is 6.04 Å². The molecule has 6 nitrogen and oxygen atoms in total. The van der Waals surface area contributed by atoms with Crippen LogP contribution < -0.4 is 11.1 Å². The number of amides is 1. The molecule has 4 N–H and O–H groups in total. The summed E-state index contributed by atoms with van der Waals surface area (Å²) < 4.78 is 5.10. The lowest BCUT2D eigenvalue weighted by atomic mass is 9.97. The monoisotopic (exact) mass is 264 g/mol. The van der Waals surface area contributed by atoms with E-state index in [1.807, 2.05) is 0 Å². The molecule has 1 aliphatic heterocycles. The van der Waals surface area contributed by atoms with E-state index in [4.69, 9.17) is 10.5 Å². The number of carboxylic acids is 1. The second-order valence-electron chi connectivity index (χ2n) is 4.61.